The molecule has 0 radical (unpaired) electrons. The van der Waals surface area contributed by atoms with Gasteiger partial charge in [-0.25, -0.2) is 0 Å². The Kier molecular flexibility index (Phi) is 3.96. The Balaban J connectivity index is 3.05. The number of rotatable bonds is 2. The quantitative estimate of drug-likeness (QED) is 0.596. The molecule has 1 atom stereocenters. The molecule has 0 bridgehead atoms. The van der Waals surface area contributed by atoms with Gasteiger partial charge in [-0.05, 0) is 22.3 Å². The highest BCUT2D eigenvalue weighted by atomic mass is 79.9. The van der Waals surface area contributed by atoms with E-state index in [-0.39, 0.29) is 10.8 Å². The lowest BCUT2D eigenvalue weighted by Gasteiger charge is -2.42. The number of hydrogen-bond acceptors (Lipinski definition) is 1. The molecule has 0 saturated heterocycles. The lowest BCUT2D eigenvalue weighted by molar-refractivity contribution is 0.131. The largest absolute Gasteiger partial charge is 0.146 e. The van der Waals surface area contributed by atoms with Crippen LogP contribution in [0.5, 0.6) is 0 Å². The zero-order chi connectivity index (χ0) is 11.9. The lowest BCUT2D eigenvalue weighted by atomic mass is 9.67. The summed E-state index contributed by atoms with van der Waals surface area (Å²) in [5.74, 6) is 0. The summed E-state index contributed by atoms with van der Waals surface area (Å²) in [6, 6.07) is 1.97. The van der Waals surface area contributed by atoms with Gasteiger partial charge in [0.15, 0.2) is 0 Å². The van der Waals surface area contributed by atoms with Gasteiger partial charge >= 0.3 is 0 Å². The van der Waals surface area contributed by atoms with Gasteiger partial charge in [0, 0.05) is 4.88 Å². The second kappa shape index (κ2) is 4.38. The zero-order valence-corrected chi connectivity index (χ0v) is 13.1. The molecular formula is C12H18BrClS. The summed E-state index contributed by atoms with van der Waals surface area (Å²) in [7, 11) is 0. The van der Waals surface area contributed by atoms with Crippen molar-refractivity contribution in [2.24, 2.45) is 10.8 Å². The number of alkyl halides is 1. The van der Waals surface area contributed by atoms with Crippen molar-refractivity contribution in [3.8, 4) is 0 Å². The van der Waals surface area contributed by atoms with Crippen LogP contribution in [0.1, 0.15) is 44.3 Å². The Morgan fingerprint density at radius 1 is 1.27 bits per heavy atom. The maximum absolute atomic E-state index is 6.17. The second-order valence-electron chi connectivity index (χ2n) is 5.47. The summed E-state index contributed by atoms with van der Waals surface area (Å²) in [6.45, 7) is 11.4. The van der Waals surface area contributed by atoms with Crippen LogP contribution in [0, 0.1) is 10.8 Å². The lowest BCUT2D eigenvalue weighted by Crippen LogP contribution is -2.33. The van der Waals surface area contributed by atoms with E-state index < -0.39 is 0 Å². The molecule has 15 heavy (non-hydrogen) atoms. The van der Waals surface area contributed by atoms with Gasteiger partial charge in [-0.15, -0.1) is 11.3 Å². The maximum atomic E-state index is 6.17. The molecule has 1 rings (SSSR count). The van der Waals surface area contributed by atoms with Crippen molar-refractivity contribution in [1.82, 2.24) is 0 Å². The van der Waals surface area contributed by atoms with E-state index in [1.54, 1.807) is 11.3 Å². The molecule has 1 heterocycles. The van der Waals surface area contributed by atoms with Crippen LogP contribution in [0.15, 0.2) is 11.4 Å². The van der Waals surface area contributed by atoms with Crippen LogP contribution in [0.2, 0.25) is 5.02 Å². The Labute approximate surface area is 110 Å². The normalized spacial score (nSPS) is 15.4. The van der Waals surface area contributed by atoms with Gasteiger partial charge in [0.05, 0.1) is 9.85 Å². The minimum atomic E-state index is 0.154. The molecule has 1 aromatic heterocycles. The molecule has 0 amide bonds. The van der Waals surface area contributed by atoms with Crippen LogP contribution in [0.4, 0.5) is 0 Å². The van der Waals surface area contributed by atoms with Crippen molar-refractivity contribution in [3.05, 3.63) is 21.3 Å². The molecule has 0 aliphatic heterocycles. The SMILES string of the molecule is CC(C)(C)C(C)(C)C(Br)c1sccc1Cl. The topological polar surface area (TPSA) is 0 Å². The Morgan fingerprint density at radius 3 is 2.13 bits per heavy atom. The number of hydrogen-bond donors (Lipinski definition) is 0. The number of thiophene rings is 1. The first-order chi connectivity index (χ1) is 6.68. The Morgan fingerprint density at radius 2 is 1.80 bits per heavy atom. The molecule has 0 aliphatic carbocycles. The highest BCUT2D eigenvalue weighted by molar-refractivity contribution is 9.09. The zero-order valence-electron chi connectivity index (χ0n) is 9.90. The minimum Gasteiger partial charge on any atom is -0.146 e. The fraction of sp³-hybridized carbons (Fsp3) is 0.667. The van der Waals surface area contributed by atoms with E-state index in [0.717, 1.165) is 5.02 Å². The second-order valence-corrected chi connectivity index (χ2v) is 7.74. The highest BCUT2D eigenvalue weighted by Crippen LogP contribution is 2.54. The molecule has 0 nitrogen and oxygen atoms in total. The van der Waals surface area contributed by atoms with Crippen molar-refractivity contribution < 1.29 is 0 Å². The third-order valence-electron chi connectivity index (χ3n) is 3.44. The molecule has 1 unspecified atom stereocenters. The van der Waals surface area contributed by atoms with Gasteiger partial charge in [0.25, 0.3) is 0 Å². The van der Waals surface area contributed by atoms with Gasteiger partial charge in [0.1, 0.15) is 0 Å². The van der Waals surface area contributed by atoms with Crippen LogP contribution in [-0.2, 0) is 0 Å². The van der Waals surface area contributed by atoms with E-state index in [4.69, 9.17) is 11.6 Å². The molecule has 0 saturated carbocycles. The van der Waals surface area contributed by atoms with Gasteiger partial charge in [-0.1, -0.05) is 62.1 Å². The molecule has 1 aromatic rings. The third kappa shape index (κ3) is 2.59. The van der Waals surface area contributed by atoms with Gasteiger partial charge in [-0.2, -0.15) is 0 Å². The molecule has 0 N–H and O–H groups in total. The van der Waals surface area contributed by atoms with Crippen LogP contribution >= 0.6 is 38.9 Å². The van der Waals surface area contributed by atoms with Gasteiger partial charge in [0.2, 0.25) is 0 Å². The predicted molar refractivity (Wildman–Crippen MR) is 74.2 cm³/mol. The van der Waals surface area contributed by atoms with Crippen molar-refractivity contribution in [2.45, 2.75) is 39.4 Å². The van der Waals surface area contributed by atoms with E-state index in [1.807, 2.05) is 11.4 Å². The highest BCUT2D eigenvalue weighted by Gasteiger charge is 2.40. The average molecular weight is 310 g/mol. The minimum absolute atomic E-state index is 0.154. The predicted octanol–water partition coefficient (Wildman–Crippen LogP) is 5.91. The third-order valence-corrected chi connectivity index (χ3v) is 6.77. The summed E-state index contributed by atoms with van der Waals surface area (Å²) in [5.41, 5.74) is 0.385. The van der Waals surface area contributed by atoms with Crippen molar-refractivity contribution in [1.29, 1.82) is 0 Å². The first-order valence-corrected chi connectivity index (χ1v) is 7.22. The maximum Gasteiger partial charge on any atom is 0.0560 e. The summed E-state index contributed by atoms with van der Waals surface area (Å²) in [6.07, 6.45) is 0. The van der Waals surface area contributed by atoms with E-state index in [0.29, 0.717) is 4.83 Å². The fourth-order valence-electron chi connectivity index (χ4n) is 1.19. The summed E-state index contributed by atoms with van der Waals surface area (Å²) >= 11 is 11.7. The number of halogens is 2. The van der Waals surface area contributed by atoms with E-state index >= 15 is 0 Å². The summed E-state index contributed by atoms with van der Waals surface area (Å²) < 4.78 is 0. The first kappa shape index (κ1) is 13.5. The first-order valence-electron chi connectivity index (χ1n) is 5.05. The van der Waals surface area contributed by atoms with Crippen LogP contribution in [0.25, 0.3) is 0 Å². The van der Waals surface area contributed by atoms with E-state index in [1.165, 1.54) is 4.88 Å². The van der Waals surface area contributed by atoms with Crippen molar-refractivity contribution in [3.63, 3.8) is 0 Å². The van der Waals surface area contributed by atoms with Crippen LogP contribution < -0.4 is 0 Å². The summed E-state index contributed by atoms with van der Waals surface area (Å²) in [4.78, 5) is 1.54. The molecule has 86 valence electrons. The van der Waals surface area contributed by atoms with E-state index in [2.05, 4.69) is 50.5 Å². The monoisotopic (exact) mass is 308 g/mol. The molecule has 0 fully saturated rings. The smallest absolute Gasteiger partial charge is 0.0560 e. The molecule has 3 heteroatoms. The Hall–Kier alpha value is 0.470. The Bertz CT molecular complexity index is 336. The van der Waals surface area contributed by atoms with Crippen molar-refractivity contribution in [2.75, 3.05) is 0 Å². The van der Waals surface area contributed by atoms with Gasteiger partial charge in [-0.3, -0.25) is 0 Å². The molecule has 0 aliphatic rings. The van der Waals surface area contributed by atoms with E-state index in [9.17, 15) is 0 Å². The molecular weight excluding hydrogens is 292 g/mol. The summed E-state index contributed by atoms with van der Waals surface area (Å²) in [5, 5.41) is 2.92. The average Bonchev–Trinajstić information content (AvgIpc) is 2.48. The standard InChI is InChI=1S/C12H18BrClS/c1-11(2,3)12(4,5)10(13)9-8(14)6-7-15-9/h6-7,10H,1-5H3. The van der Waals surface area contributed by atoms with Crippen LogP contribution in [0.3, 0.4) is 0 Å². The molecule has 0 aromatic carbocycles. The fourth-order valence-corrected chi connectivity index (χ4v) is 3.91. The molecule has 0 spiro atoms. The van der Waals surface area contributed by atoms with Gasteiger partial charge < -0.3 is 0 Å². The van der Waals surface area contributed by atoms with Crippen molar-refractivity contribution >= 4 is 38.9 Å². The van der Waals surface area contributed by atoms with Crippen LogP contribution in [-0.4, -0.2) is 0 Å².